The van der Waals surface area contributed by atoms with E-state index in [9.17, 15) is 14.9 Å². The van der Waals surface area contributed by atoms with E-state index in [-0.39, 0.29) is 33.4 Å². The molecule has 0 aliphatic heterocycles. The zero-order chi connectivity index (χ0) is 22.1. The standard InChI is InChI=1S/C20H24N4O5Si/c1-20(2,3)30(4,5)28-12-13-8-6-7-9-14(13)19(25)21-15-10-11-16(24(26)27)18-17(15)22-29-23-18/h6-11H,12H2,1-5H3,(H,21,25). The zero-order valence-electron chi connectivity index (χ0n) is 17.6. The first-order valence-electron chi connectivity index (χ1n) is 9.44. The number of nitrogens with one attached hydrogen (secondary N) is 1. The Balaban J connectivity index is 1.86. The monoisotopic (exact) mass is 428 g/mol. The lowest BCUT2D eigenvalue weighted by Gasteiger charge is -2.36. The Bertz CT molecular complexity index is 1100. The molecule has 0 spiro atoms. The molecule has 158 valence electrons. The molecule has 0 saturated heterocycles. The number of nitro groups is 1. The van der Waals surface area contributed by atoms with Crippen molar-refractivity contribution < 1.29 is 18.8 Å². The average molecular weight is 429 g/mol. The Labute approximate surface area is 174 Å². The van der Waals surface area contributed by atoms with E-state index >= 15 is 0 Å². The summed E-state index contributed by atoms with van der Waals surface area (Å²) in [6, 6.07) is 9.86. The van der Waals surface area contributed by atoms with E-state index in [4.69, 9.17) is 4.43 Å². The van der Waals surface area contributed by atoms with E-state index in [0.29, 0.717) is 12.2 Å². The third kappa shape index (κ3) is 4.24. The lowest BCUT2D eigenvalue weighted by atomic mass is 10.1. The highest BCUT2D eigenvalue weighted by atomic mass is 28.4. The minimum Gasteiger partial charge on any atom is -0.413 e. The van der Waals surface area contributed by atoms with Crippen LogP contribution in [0.2, 0.25) is 18.1 Å². The molecule has 9 nitrogen and oxygen atoms in total. The predicted octanol–water partition coefficient (Wildman–Crippen LogP) is 4.91. The molecule has 1 heterocycles. The lowest BCUT2D eigenvalue weighted by molar-refractivity contribution is -0.383. The third-order valence-corrected chi connectivity index (χ3v) is 9.97. The van der Waals surface area contributed by atoms with Crippen molar-refractivity contribution in [3.63, 3.8) is 0 Å². The molecule has 0 aliphatic rings. The second kappa shape index (κ2) is 7.96. The van der Waals surface area contributed by atoms with Gasteiger partial charge in [0.2, 0.25) is 5.52 Å². The van der Waals surface area contributed by atoms with Gasteiger partial charge in [0.25, 0.3) is 5.91 Å². The molecule has 3 rings (SSSR count). The highest BCUT2D eigenvalue weighted by Gasteiger charge is 2.37. The average Bonchev–Trinajstić information content (AvgIpc) is 3.16. The number of hydrogen-bond acceptors (Lipinski definition) is 7. The molecule has 3 aromatic rings. The van der Waals surface area contributed by atoms with Gasteiger partial charge in [-0.2, -0.15) is 0 Å². The van der Waals surface area contributed by atoms with Gasteiger partial charge >= 0.3 is 5.69 Å². The van der Waals surface area contributed by atoms with Crippen molar-refractivity contribution >= 4 is 36.6 Å². The van der Waals surface area contributed by atoms with Crippen molar-refractivity contribution in [1.82, 2.24) is 10.3 Å². The minimum atomic E-state index is -1.99. The molecule has 0 atom stereocenters. The summed E-state index contributed by atoms with van der Waals surface area (Å²) in [5, 5.41) is 21.2. The highest BCUT2D eigenvalue weighted by Crippen LogP contribution is 2.37. The third-order valence-electron chi connectivity index (χ3n) is 5.50. The number of rotatable bonds is 6. The Morgan fingerprint density at radius 2 is 1.83 bits per heavy atom. The first-order chi connectivity index (χ1) is 14.0. The van der Waals surface area contributed by atoms with Crippen LogP contribution in [0.15, 0.2) is 41.0 Å². The number of nitrogens with zero attached hydrogens (tertiary/aromatic N) is 3. The van der Waals surface area contributed by atoms with Crippen LogP contribution in [0.5, 0.6) is 0 Å². The number of fused-ring (bicyclic) bond motifs is 1. The highest BCUT2D eigenvalue weighted by molar-refractivity contribution is 6.74. The summed E-state index contributed by atoms with van der Waals surface area (Å²) in [4.78, 5) is 23.5. The Morgan fingerprint density at radius 3 is 2.50 bits per heavy atom. The van der Waals surface area contributed by atoms with Gasteiger partial charge in [-0.15, -0.1) is 0 Å². The first-order valence-corrected chi connectivity index (χ1v) is 12.3. The molecule has 0 bridgehead atoms. The molecule has 30 heavy (non-hydrogen) atoms. The fraction of sp³-hybridized carbons (Fsp3) is 0.350. The molecule has 0 unspecified atom stereocenters. The topological polar surface area (TPSA) is 120 Å². The number of anilines is 1. The summed E-state index contributed by atoms with van der Waals surface area (Å²) in [5.74, 6) is -0.373. The number of nitro benzene ring substituents is 1. The van der Waals surface area contributed by atoms with E-state index in [1.807, 2.05) is 12.1 Å². The van der Waals surface area contributed by atoms with Crippen LogP contribution in [-0.4, -0.2) is 29.5 Å². The summed E-state index contributed by atoms with van der Waals surface area (Å²) in [7, 11) is -1.99. The molecule has 0 aliphatic carbocycles. The van der Waals surface area contributed by atoms with Crippen LogP contribution >= 0.6 is 0 Å². The first kappa shape index (κ1) is 21.6. The molecule has 0 fully saturated rings. The number of carbonyl (C=O) groups is 1. The summed E-state index contributed by atoms with van der Waals surface area (Å²) < 4.78 is 10.9. The Kier molecular flexibility index (Phi) is 5.73. The summed E-state index contributed by atoms with van der Waals surface area (Å²) in [6.45, 7) is 11.1. The molecular formula is C20H24N4O5Si. The molecule has 2 aromatic carbocycles. The van der Waals surface area contributed by atoms with Crippen molar-refractivity contribution in [2.24, 2.45) is 0 Å². The predicted molar refractivity (Wildman–Crippen MR) is 115 cm³/mol. The lowest BCUT2D eigenvalue weighted by Crippen LogP contribution is -2.40. The van der Waals surface area contributed by atoms with Crippen molar-refractivity contribution in [1.29, 1.82) is 0 Å². The summed E-state index contributed by atoms with van der Waals surface area (Å²) >= 11 is 0. The van der Waals surface area contributed by atoms with Crippen LogP contribution in [0, 0.1) is 10.1 Å². The van der Waals surface area contributed by atoms with Crippen molar-refractivity contribution in [3.8, 4) is 0 Å². The number of hydrogen-bond donors (Lipinski definition) is 1. The normalized spacial score (nSPS) is 12.2. The van der Waals surface area contributed by atoms with Crippen LogP contribution in [0.3, 0.4) is 0 Å². The molecular weight excluding hydrogens is 404 g/mol. The smallest absolute Gasteiger partial charge is 0.300 e. The number of non-ortho nitro benzene ring substituents is 1. The van der Waals surface area contributed by atoms with Crippen LogP contribution in [0.1, 0.15) is 36.7 Å². The van der Waals surface area contributed by atoms with E-state index in [1.54, 1.807) is 12.1 Å². The van der Waals surface area contributed by atoms with E-state index in [2.05, 4.69) is 54.1 Å². The SMILES string of the molecule is CC(C)(C)[Si](C)(C)OCc1ccccc1C(=O)Nc1ccc([N+](=O)[O-])c2nonc12. The van der Waals surface area contributed by atoms with Crippen molar-refractivity contribution in [3.05, 3.63) is 57.6 Å². The van der Waals surface area contributed by atoms with Gasteiger partial charge in [-0.1, -0.05) is 39.0 Å². The van der Waals surface area contributed by atoms with Crippen LogP contribution in [-0.2, 0) is 11.0 Å². The fourth-order valence-electron chi connectivity index (χ4n) is 2.63. The summed E-state index contributed by atoms with van der Waals surface area (Å²) in [5.41, 5.74) is 1.35. The van der Waals surface area contributed by atoms with Crippen molar-refractivity contribution in [2.75, 3.05) is 5.32 Å². The maximum atomic E-state index is 13.0. The van der Waals surface area contributed by atoms with Gasteiger partial charge in [-0.25, -0.2) is 4.63 Å². The van der Waals surface area contributed by atoms with Gasteiger partial charge in [0.15, 0.2) is 13.8 Å². The minimum absolute atomic E-state index is 0.0210. The van der Waals surface area contributed by atoms with Gasteiger partial charge in [0, 0.05) is 11.6 Å². The maximum Gasteiger partial charge on any atom is 0.300 e. The van der Waals surface area contributed by atoms with Gasteiger partial charge in [0.1, 0.15) is 0 Å². The number of benzene rings is 2. The van der Waals surface area contributed by atoms with E-state index in [1.165, 1.54) is 12.1 Å². The second-order valence-electron chi connectivity index (χ2n) is 8.51. The fourth-order valence-corrected chi connectivity index (χ4v) is 3.58. The molecule has 1 N–H and O–H groups in total. The Hall–Kier alpha value is -3.11. The van der Waals surface area contributed by atoms with E-state index < -0.39 is 13.2 Å². The van der Waals surface area contributed by atoms with Crippen LogP contribution in [0.25, 0.3) is 11.0 Å². The number of carbonyl (C=O) groups excluding carboxylic acids is 1. The summed E-state index contributed by atoms with van der Waals surface area (Å²) in [6.07, 6.45) is 0. The number of amides is 1. The van der Waals surface area contributed by atoms with Crippen LogP contribution < -0.4 is 5.32 Å². The van der Waals surface area contributed by atoms with Gasteiger partial charge in [-0.05, 0) is 46.1 Å². The molecule has 0 radical (unpaired) electrons. The Morgan fingerprint density at radius 1 is 1.17 bits per heavy atom. The van der Waals surface area contributed by atoms with Crippen molar-refractivity contribution in [2.45, 2.75) is 45.5 Å². The van der Waals surface area contributed by atoms with Gasteiger partial charge in [-0.3, -0.25) is 14.9 Å². The maximum absolute atomic E-state index is 13.0. The quantitative estimate of drug-likeness (QED) is 0.336. The molecule has 10 heteroatoms. The van der Waals surface area contributed by atoms with Gasteiger partial charge in [0.05, 0.1) is 17.2 Å². The van der Waals surface area contributed by atoms with Crippen LogP contribution in [0.4, 0.5) is 11.4 Å². The van der Waals surface area contributed by atoms with E-state index in [0.717, 1.165) is 5.56 Å². The van der Waals surface area contributed by atoms with Gasteiger partial charge < -0.3 is 9.74 Å². The molecule has 1 amide bonds. The zero-order valence-corrected chi connectivity index (χ0v) is 18.6. The molecule has 0 saturated carbocycles. The number of aromatic nitrogens is 2. The second-order valence-corrected chi connectivity index (χ2v) is 13.3. The largest absolute Gasteiger partial charge is 0.413 e. The molecule has 1 aromatic heterocycles.